The third-order valence-electron chi connectivity index (χ3n) is 4.11. The van der Waals surface area contributed by atoms with E-state index >= 15 is 0 Å². The molecule has 1 amide bonds. The van der Waals surface area contributed by atoms with Crippen LogP contribution in [-0.4, -0.2) is 46.9 Å². The highest BCUT2D eigenvalue weighted by Gasteiger charge is 2.31. The summed E-state index contributed by atoms with van der Waals surface area (Å²) in [5.74, 6) is -0.237. The summed E-state index contributed by atoms with van der Waals surface area (Å²) in [5, 5.41) is 17.7. The molecule has 2 N–H and O–H groups in total. The normalized spacial score (nSPS) is 19.1. The Hall–Kier alpha value is -2.39. The highest BCUT2D eigenvalue weighted by molar-refractivity contribution is 7.91. The zero-order valence-corrected chi connectivity index (χ0v) is 15.5. The van der Waals surface area contributed by atoms with Gasteiger partial charge in [-0.15, -0.1) is 0 Å². The van der Waals surface area contributed by atoms with Crippen LogP contribution in [0.3, 0.4) is 0 Å². The van der Waals surface area contributed by atoms with Gasteiger partial charge in [0.1, 0.15) is 10.9 Å². The molecule has 138 valence electrons. The standard InChI is InChI=1S/C16H17ClN4O4S/c1-10-14(8-18-19-16(23)11-2-4-13(22)5-3-11)15(17)21(20-10)12-6-7-26(24,25)9-12/h2-5,8,12,22H,6-7,9H2,1H3,(H,19,23)/b18-8-/t12-/m1/s1. The summed E-state index contributed by atoms with van der Waals surface area (Å²) < 4.78 is 24.8. The van der Waals surface area contributed by atoms with Gasteiger partial charge in [-0.05, 0) is 37.6 Å². The number of hydrazone groups is 1. The molecule has 1 saturated heterocycles. The minimum Gasteiger partial charge on any atom is -0.508 e. The number of aromatic hydroxyl groups is 1. The number of amides is 1. The van der Waals surface area contributed by atoms with Crippen molar-refractivity contribution in [3.8, 4) is 5.75 Å². The number of phenols is 1. The van der Waals surface area contributed by atoms with Gasteiger partial charge in [-0.3, -0.25) is 4.79 Å². The summed E-state index contributed by atoms with van der Waals surface area (Å²) in [6.07, 6.45) is 1.85. The molecule has 2 heterocycles. The number of halogens is 1. The van der Waals surface area contributed by atoms with Crippen LogP contribution in [0.5, 0.6) is 5.75 Å². The second-order valence-corrected chi connectivity index (χ2v) is 8.62. The summed E-state index contributed by atoms with van der Waals surface area (Å²) in [7, 11) is -3.05. The molecule has 1 atom stereocenters. The summed E-state index contributed by atoms with van der Waals surface area (Å²) >= 11 is 6.33. The molecule has 8 nitrogen and oxygen atoms in total. The SMILES string of the molecule is Cc1nn([C@@H]2CCS(=O)(=O)C2)c(Cl)c1/C=N\NC(=O)c1ccc(O)cc1. The predicted octanol–water partition coefficient (Wildman–Crippen LogP) is 1.67. The number of aromatic nitrogens is 2. The van der Waals surface area contributed by atoms with Crippen LogP contribution in [0.4, 0.5) is 0 Å². The Morgan fingerprint density at radius 1 is 1.42 bits per heavy atom. The molecule has 0 bridgehead atoms. The maximum absolute atomic E-state index is 12.0. The molecule has 2 aromatic rings. The molecule has 1 aliphatic rings. The average molecular weight is 397 g/mol. The number of carbonyl (C=O) groups excluding carboxylic acids is 1. The molecular formula is C16H17ClN4O4S. The molecule has 1 aliphatic heterocycles. The van der Waals surface area contributed by atoms with Crippen molar-refractivity contribution in [2.45, 2.75) is 19.4 Å². The first kappa shape index (κ1) is 18.4. The fourth-order valence-corrected chi connectivity index (χ4v) is 4.78. The number of phenolic OH excluding ortho intramolecular Hbond substituents is 1. The molecule has 10 heteroatoms. The first-order valence-electron chi connectivity index (χ1n) is 7.84. The van der Waals surface area contributed by atoms with E-state index in [1.807, 2.05) is 0 Å². The molecule has 0 spiro atoms. The lowest BCUT2D eigenvalue weighted by Gasteiger charge is -2.09. The van der Waals surface area contributed by atoms with E-state index in [1.165, 1.54) is 35.2 Å². The predicted molar refractivity (Wildman–Crippen MR) is 97.4 cm³/mol. The fourth-order valence-electron chi connectivity index (χ4n) is 2.72. The lowest BCUT2D eigenvalue weighted by Crippen LogP contribution is -2.17. The van der Waals surface area contributed by atoms with Crippen LogP contribution in [0, 0.1) is 6.92 Å². The van der Waals surface area contributed by atoms with Crippen LogP contribution >= 0.6 is 11.6 Å². The van der Waals surface area contributed by atoms with E-state index in [0.29, 0.717) is 23.2 Å². The van der Waals surface area contributed by atoms with Crippen LogP contribution in [0.25, 0.3) is 0 Å². The summed E-state index contributed by atoms with van der Waals surface area (Å²) in [6.45, 7) is 1.73. The maximum atomic E-state index is 12.0. The molecule has 3 rings (SSSR count). The highest BCUT2D eigenvalue weighted by atomic mass is 35.5. The molecule has 0 unspecified atom stereocenters. The number of benzene rings is 1. The monoisotopic (exact) mass is 396 g/mol. The number of rotatable bonds is 4. The van der Waals surface area contributed by atoms with Gasteiger partial charge in [0.2, 0.25) is 0 Å². The third kappa shape index (κ3) is 3.88. The zero-order chi connectivity index (χ0) is 18.9. The third-order valence-corrected chi connectivity index (χ3v) is 6.24. The van der Waals surface area contributed by atoms with E-state index < -0.39 is 15.7 Å². The van der Waals surface area contributed by atoms with Crippen molar-refractivity contribution >= 4 is 33.6 Å². The molecule has 1 aromatic carbocycles. The van der Waals surface area contributed by atoms with Gasteiger partial charge in [0.15, 0.2) is 9.84 Å². The van der Waals surface area contributed by atoms with Crippen molar-refractivity contribution in [2.75, 3.05) is 11.5 Å². The van der Waals surface area contributed by atoms with Crippen molar-refractivity contribution in [1.82, 2.24) is 15.2 Å². The van der Waals surface area contributed by atoms with Crippen molar-refractivity contribution in [1.29, 1.82) is 0 Å². The Labute approximate surface area is 155 Å². The minimum atomic E-state index is -3.05. The minimum absolute atomic E-state index is 0.0159. The van der Waals surface area contributed by atoms with Gasteiger partial charge in [-0.25, -0.2) is 18.5 Å². The number of nitrogens with one attached hydrogen (secondary N) is 1. The van der Waals surface area contributed by atoms with Crippen molar-refractivity contribution in [3.63, 3.8) is 0 Å². The maximum Gasteiger partial charge on any atom is 0.271 e. The van der Waals surface area contributed by atoms with Gasteiger partial charge in [0.25, 0.3) is 5.91 Å². The Morgan fingerprint density at radius 2 is 2.12 bits per heavy atom. The number of aryl methyl sites for hydroxylation is 1. The van der Waals surface area contributed by atoms with E-state index in [2.05, 4.69) is 15.6 Å². The van der Waals surface area contributed by atoms with Crippen LogP contribution in [-0.2, 0) is 9.84 Å². The largest absolute Gasteiger partial charge is 0.508 e. The lowest BCUT2D eigenvalue weighted by atomic mass is 10.2. The molecule has 0 radical (unpaired) electrons. The van der Waals surface area contributed by atoms with E-state index in [4.69, 9.17) is 11.6 Å². The highest BCUT2D eigenvalue weighted by Crippen LogP contribution is 2.29. The fraction of sp³-hybridized carbons (Fsp3) is 0.312. The number of hydrogen-bond donors (Lipinski definition) is 2. The second kappa shape index (κ2) is 7.08. The van der Waals surface area contributed by atoms with Crippen LogP contribution in [0.15, 0.2) is 29.4 Å². The molecular weight excluding hydrogens is 380 g/mol. The van der Waals surface area contributed by atoms with E-state index in [0.717, 1.165) is 0 Å². The number of carbonyl (C=O) groups is 1. The van der Waals surface area contributed by atoms with Gasteiger partial charge in [-0.1, -0.05) is 11.6 Å². The Bertz CT molecular complexity index is 967. The van der Waals surface area contributed by atoms with Gasteiger partial charge < -0.3 is 5.11 Å². The van der Waals surface area contributed by atoms with Crippen LogP contribution < -0.4 is 5.43 Å². The first-order valence-corrected chi connectivity index (χ1v) is 10.0. The van der Waals surface area contributed by atoms with Crippen molar-refractivity contribution in [3.05, 3.63) is 46.2 Å². The Morgan fingerprint density at radius 3 is 2.73 bits per heavy atom. The summed E-state index contributed by atoms with van der Waals surface area (Å²) in [4.78, 5) is 12.0. The molecule has 1 aromatic heterocycles. The summed E-state index contributed by atoms with van der Waals surface area (Å²) in [5.41, 5.74) is 3.81. The molecule has 1 fully saturated rings. The van der Waals surface area contributed by atoms with E-state index in [-0.39, 0.29) is 28.5 Å². The van der Waals surface area contributed by atoms with Crippen LogP contribution in [0.1, 0.15) is 34.1 Å². The van der Waals surface area contributed by atoms with Gasteiger partial charge >= 0.3 is 0 Å². The number of sulfone groups is 1. The average Bonchev–Trinajstić information content (AvgIpc) is 3.08. The smallest absolute Gasteiger partial charge is 0.271 e. The van der Waals surface area contributed by atoms with Crippen LogP contribution in [0.2, 0.25) is 5.15 Å². The summed E-state index contributed by atoms with van der Waals surface area (Å²) in [6, 6.07) is 5.45. The molecule has 0 saturated carbocycles. The zero-order valence-electron chi connectivity index (χ0n) is 13.9. The molecule has 26 heavy (non-hydrogen) atoms. The number of hydrogen-bond acceptors (Lipinski definition) is 6. The van der Waals surface area contributed by atoms with Gasteiger partial charge in [-0.2, -0.15) is 10.2 Å². The number of nitrogens with zero attached hydrogens (tertiary/aromatic N) is 3. The lowest BCUT2D eigenvalue weighted by molar-refractivity contribution is 0.0955. The van der Waals surface area contributed by atoms with E-state index in [9.17, 15) is 18.3 Å². The molecule has 0 aliphatic carbocycles. The van der Waals surface area contributed by atoms with Gasteiger partial charge in [0.05, 0.1) is 35.0 Å². The van der Waals surface area contributed by atoms with Crippen molar-refractivity contribution < 1.29 is 18.3 Å². The first-order chi connectivity index (χ1) is 12.3. The Kier molecular flexibility index (Phi) is 5.01. The van der Waals surface area contributed by atoms with Crippen molar-refractivity contribution in [2.24, 2.45) is 5.10 Å². The van der Waals surface area contributed by atoms with E-state index in [1.54, 1.807) is 6.92 Å². The Balaban J connectivity index is 1.73. The topological polar surface area (TPSA) is 114 Å². The quantitative estimate of drug-likeness (QED) is 0.602. The second-order valence-electron chi connectivity index (χ2n) is 6.04. The van der Waals surface area contributed by atoms with Gasteiger partial charge in [0, 0.05) is 5.56 Å².